The van der Waals surface area contributed by atoms with Crippen LogP contribution in [0.5, 0.6) is 0 Å². The van der Waals surface area contributed by atoms with Gasteiger partial charge in [0, 0.05) is 35.9 Å². The second kappa shape index (κ2) is 4.82. The lowest BCUT2D eigenvalue weighted by Gasteiger charge is -2.35. The van der Waals surface area contributed by atoms with Crippen LogP contribution in [-0.2, 0) is 4.74 Å². The molecule has 1 saturated heterocycles. The summed E-state index contributed by atoms with van der Waals surface area (Å²) in [7, 11) is 0. The summed E-state index contributed by atoms with van der Waals surface area (Å²) >= 11 is 5.03. The molecular weight excluding hydrogens is 302 g/mol. The van der Waals surface area contributed by atoms with Crippen LogP contribution in [0.2, 0.25) is 0 Å². The third-order valence-corrected chi connectivity index (χ3v) is 4.66. The molecule has 4 nitrogen and oxygen atoms in total. The fraction of sp³-hybridized carbons (Fsp3) is 0.818. The fourth-order valence-corrected chi connectivity index (χ4v) is 3.27. The molecular formula is C11H16BrN3OS. The van der Waals surface area contributed by atoms with Crippen molar-refractivity contribution in [1.29, 1.82) is 0 Å². The minimum Gasteiger partial charge on any atom is -0.371 e. The van der Waals surface area contributed by atoms with Crippen LogP contribution < -0.4 is 4.90 Å². The fourth-order valence-electron chi connectivity index (χ4n) is 2.15. The van der Waals surface area contributed by atoms with Crippen LogP contribution >= 0.6 is 27.5 Å². The molecule has 0 radical (unpaired) electrons. The summed E-state index contributed by atoms with van der Waals surface area (Å²) < 4.78 is 10.3. The monoisotopic (exact) mass is 317 g/mol. The highest BCUT2D eigenvalue weighted by Gasteiger charge is 2.31. The molecule has 0 amide bonds. The zero-order chi connectivity index (χ0) is 11.8. The van der Waals surface area contributed by atoms with Crippen LogP contribution in [0.4, 0.5) is 5.13 Å². The first-order valence-electron chi connectivity index (χ1n) is 6.06. The Morgan fingerprint density at radius 1 is 1.47 bits per heavy atom. The van der Waals surface area contributed by atoms with Crippen LogP contribution in [0, 0.1) is 0 Å². The van der Waals surface area contributed by atoms with Gasteiger partial charge in [0.15, 0.2) is 0 Å². The van der Waals surface area contributed by atoms with Gasteiger partial charge in [-0.3, -0.25) is 0 Å². The molecule has 2 atom stereocenters. The number of aromatic nitrogens is 2. The van der Waals surface area contributed by atoms with E-state index in [4.69, 9.17) is 4.74 Å². The molecule has 1 aliphatic heterocycles. The van der Waals surface area contributed by atoms with E-state index in [-0.39, 0.29) is 12.2 Å². The van der Waals surface area contributed by atoms with E-state index in [2.05, 4.69) is 37.1 Å². The molecule has 0 aromatic carbocycles. The Morgan fingerprint density at radius 3 is 3.00 bits per heavy atom. The smallest absolute Gasteiger partial charge is 0.205 e. The Bertz CT molecular complexity index is 396. The van der Waals surface area contributed by atoms with Crippen molar-refractivity contribution in [1.82, 2.24) is 9.36 Å². The molecule has 1 aromatic heterocycles. The lowest BCUT2D eigenvalue weighted by Crippen LogP contribution is -2.47. The lowest BCUT2D eigenvalue weighted by molar-refractivity contribution is -0.00200. The molecule has 6 heteroatoms. The first kappa shape index (κ1) is 11.9. The molecule has 2 heterocycles. The van der Waals surface area contributed by atoms with E-state index < -0.39 is 0 Å². The third kappa shape index (κ3) is 2.63. The number of rotatable bonds is 3. The van der Waals surface area contributed by atoms with Crippen molar-refractivity contribution in [2.45, 2.75) is 37.9 Å². The quantitative estimate of drug-likeness (QED) is 0.802. The SMILES string of the molecule is CC1CN(c2nc(C3CC3)ns2)CC(CBr)O1. The summed E-state index contributed by atoms with van der Waals surface area (Å²) in [5.74, 6) is 1.70. The first-order valence-corrected chi connectivity index (χ1v) is 7.95. The highest BCUT2D eigenvalue weighted by molar-refractivity contribution is 9.09. The number of hydrogen-bond donors (Lipinski definition) is 0. The molecule has 0 spiro atoms. The molecule has 3 rings (SSSR count). The van der Waals surface area contributed by atoms with Crippen molar-refractivity contribution >= 4 is 32.6 Å². The molecule has 2 unspecified atom stereocenters. The van der Waals surface area contributed by atoms with Gasteiger partial charge in [0.2, 0.25) is 5.13 Å². The zero-order valence-electron chi connectivity index (χ0n) is 9.80. The number of ether oxygens (including phenoxy) is 1. The van der Waals surface area contributed by atoms with Gasteiger partial charge in [-0.05, 0) is 19.8 Å². The van der Waals surface area contributed by atoms with Crippen LogP contribution in [-0.4, -0.2) is 40.0 Å². The summed E-state index contributed by atoms with van der Waals surface area (Å²) in [6.07, 6.45) is 3.05. The molecule has 1 aliphatic carbocycles. The molecule has 94 valence electrons. The van der Waals surface area contributed by atoms with Crippen molar-refractivity contribution in [3.05, 3.63) is 5.82 Å². The van der Waals surface area contributed by atoms with Crippen molar-refractivity contribution in [3.63, 3.8) is 0 Å². The van der Waals surface area contributed by atoms with Crippen LogP contribution in [0.3, 0.4) is 0 Å². The third-order valence-electron chi connectivity index (χ3n) is 3.14. The average Bonchev–Trinajstić information content (AvgIpc) is 3.06. The summed E-state index contributed by atoms with van der Waals surface area (Å²) in [5, 5.41) is 1.94. The predicted octanol–water partition coefficient (Wildman–Crippen LogP) is 2.40. The molecule has 1 aromatic rings. The zero-order valence-corrected chi connectivity index (χ0v) is 12.2. The Balaban J connectivity index is 1.72. The van der Waals surface area contributed by atoms with Crippen LogP contribution in [0.25, 0.3) is 0 Å². The molecule has 0 bridgehead atoms. The maximum Gasteiger partial charge on any atom is 0.205 e. The number of anilines is 1. The number of hydrogen-bond acceptors (Lipinski definition) is 5. The van der Waals surface area contributed by atoms with Crippen molar-refractivity contribution in [2.24, 2.45) is 0 Å². The van der Waals surface area contributed by atoms with Gasteiger partial charge in [0.05, 0.1) is 12.2 Å². The number of alkyl halides is 1. The van der Waals surface area contributed by atoms with Crippen molar-refractivity contribution in [3.8, 4) is 0 Å². The largest absolute Gasteiger partial charge is 0.371 e. The summed E-state index contributed by atoms with van der Waals surface area (Å²) in [5.41, 5.74) is 0. The van der Waals surface area contributed by atoms with Gasteiger partial charge in [0.25, 0.3) is 0 Å². The van der Waals surface area contributed by atoms with E-state index in [1.807, 2.05) is 0 Å². The predicted molar refractivity (Wildman–Crippen MR) is 72.2 cm³/mol. The topological polar surface area (TPSA) is 38.2 Å². The summed E-state index contributed by atoms with van der Waals surface area (Å²) in [6, 6.07) is 0. The van der Waals surface area contributed by atoms with E-state index in [0.717, 1.165) is 29.4 Å². The van der Waals surface area contributed by atoms with Crippen LogP contribution in [0.15, 0.2) is 0 Å². The Labute approximate surface area is 114 Å². The highest BCUT2D eigenvalue weighted by Crippen LogP contribution is 2.39. The van der Waals surface area contributed by atoms with Crippen molar-refractivity contribution < 1.29 is 4.74 Å². The standard InChI is InChI=1S/C11H16BrN3OS/c1-7-5-15(6-9(4-12)16-7)11-13-10(14-17-11)8-2-3-8/h7-9H,2-6H2,1H3. The van der Waals surface area contributed by atoms with E-state index >= 15 is 0 Å². The minimum atomic E-state index is 0.257. The van der Waals surface area contributed by atoms with Crippen LogP contribution in [0.1, 0.15) is 31.5 Å². The summed E-state index contributed by atoms with van der Waals surface area (Å²) in [4.78, 5) is 6.97. The van der Waals surface area contributed by atoms with E-state index in [1.54, 1.807) is 0 Å². The maximum absolute atomic E-state index is 5.82. The molecule has 0 N–H and O–H groups in total. The Hall–Kier alpha value is -0.200. The Kier molecular flexibility index (Phi) is 3.36. The summed E-state index contributed by atoms with van der Waals surface area (Å²) in [6.45, 7) is 3.95. The van der Waals surface area contributed by atoms with Gasteiger partial charge in [0.1, 0.15) is 5.82 Å². The van der Waals surface area contributed by atoms with E-state index in [0.29, 0.717) is 5.92 Å². The van der Waals surface area contributed by atoms with Gasteiger partial charge in [-0.1, -0.05) is 15.9 Å². The molecule has 2 aliphatic rings. The number of nitrogens with zero attached hydrogens (tertiary/aromatic N) is 3. The van der Waals surface area contributed by atoms with Gasteiger partial charge >= 0.3 is 0 Å². The first-order chi connectivity index (χ1) is 8.26. The van der Waals surface area contributed by atoms with Gasteiger partial charge < -0.3 is 9.64 Å². The van der Waals surface area contributed by atoms with E-state index in [9.17, 15) is 0 Å². The number of morpholine rings is 1. The average molecular weight is 318 g/mol. The number of halogens is 1. The molecule has 1 saturated carbocycles. The minimum absolute atomic E-state index is 0.257. The van der Waals surface area contributed by atoms with Gasteiger partial charge in [-0.2, -0.15) is 4.37 Å². The second-order valence-corrected chi connectivity index (χ2v) is 6.22. The Morgan fingerprint density at radius 2 is 2.29 bits per heavy atom. The highest BCUT2D eigenvalue weighted by atomic mass is 79.9. The second-order valence-electron chi connectivity index (χ2n) is 4.84. The van der Waals surface area contributed by atoms with Gasteiger partial charge in [-0.15, -0.1) is 0 Å². The normalized spacial score (nSPS) is 29.6. The maximum atomic E-state index is 5.82. The molecule has 17 heavy (non-hydrogen) atoms. The van der Waals surface area contributed by atoms with E-state index in [1.165, 1.54) is 24.4 Å². The lowest BCUT2D eigenvalue weighted by atomic mass is 10.2. The van der Waals surface area contributed by atoms with Crippen molar-refractivity contribution in [2.75, 3.05) is 23.3 Å². The molecule has 2 fully saturated rings. The van der Waals surface area contributed by atoms with Gasteiger partial charge in [-0.25, -0.2) is 4.98 Å².